The van der Waals surface area contributed by atoms with Gasteiger partial charge in [-0.3, -0.25) is 4.90 Å². The van der Waals surface area contributed by atoms with E-state index in [2.05, 4.69) is 10.1 Å². The van der Waals surface area contributed by atoms with Gasteiger partial charge in [0.2, 0.25) is 0 Å². The van der Waals surface area contributed by atoms with E-state index in [4.69, 9.17) is 9.63 Å². The van der Waals surface area contributed by atoms with E-state index in [1.807, 2.05) is 11.4 Å². The molecule has 0 radical (unpaired) electrons. The van der Waals surface area contributed by atoms with Gasteiger partial charge in [0.05, 0.1) is 24.6 Å². The Bertz CT molecular complexity index is 527. The van der Waals surface area contributed by atoms with E-state index in [1.54, 1.807) is 6.07 Å². The highest BCUT2D eigenvalue weighted by molar-refractivity contribution is 7.13. The lowest BCUT2D eigenvalue weighted by Crippen LogP contribution is -2.36. The van der Waals surface area contributed by atoms with Crippen LogP contribution < -0.4 is 0 Å². The van der Waals surface area contributed by atoms with Crippen LogP contribution >= 0.6 is 11.3 Å². The quantitative estimate of drug-likeness (QED) is 0.886. The van der Waals surface area contributed by atoms with Crippen LogP contribution in [-0.2, 0) is 6.54 Å². The minimum Gasteiger partial charge on any atom is -0.395 e. The molecule has 0 aliphatic heterocycles. The van der Waals surface area contributed by atoms with Crippen molar-refractivity contribution in [3.8, 4) is 10.8 Å². The molecule has 0 aromatic carbocycles. The van der Waals surface area contributed by atoms with Crippen molar-refractivity contribution in [3.63, 3.8) is 0 Å². The number of aliphatic hydroxyl groups is 1. The molecule has 5 nitrogen and oxygen atoms in total. The third kappa shape index (κ3) is 4.29. The summed E-state index contributed by atoms with van der Waals surface area (Å²) in [6.45, 7) is -1.74. The number of thiophene rings is 1. The van der Waals surface area contributed by atoms with Gasteiger partial charge >= 0.3 is 6.18 Å². The molecule has 9 heteroatoms. The van der Waals surface area contributed by atoms with Crippen molar-refractivity contribution in [3.05, 3.63) is 23.3 Å². The number of aliphatic hydroxyl groups excluding tert-OH is 1. The predicted octanol–water partition coefficient (Wildman–Crippen LogP) is 2.15. The molecule has 2 aromatic heterocycles. The Morgan fingerprint density at radius 2 is 2.20 bits per heavy atom. The largest absolute Gasteiger partial charge is 0.401 e. The topological polar surface area (TPSA) is 62.4 Å². The zero-order valence-corrected chi connectivity index (χ0v) is 11.1. The summed E-state index contributed by atoms with van der Waals surface area (Å²) in [7, 11) is 0. The smallest absolute Gasteiger partial charge is 0.395 e. The molecule has 0 aliphatic carbocycles. The van der Waals surface area contributed by atoms with Gasteiger partial charge in [0.25, 0.3) is 5.89 Å². The standard InChI is InChI=1S/C11H12F3N3O2S/c12-11(13,14)7-17(3-4-18)6-9-15-10(19-16-9)8-2-1-5-20-8/h1-2,5,18H,3-4,6-7H2. The Labute approximate surface area is 116 Å². The lowest BCUT2D eigenvalue weighted by atomic mass is 10.4. The Morgan fingerprint density at radius 3 is 2.80 bits per heavy atom. The highest BCUT2D eigenvalue weighted by Crippen LogP contribution is 2.23. The van der Waals surface area contributed by atoms with Gasteiger partial charge in [-0.15, -0.1) is 11.3 Å². The molecule has 2 heterocycles. The zero-order valence-electron chi connectivity index (χ0n) is 10.3. The molecular weight excluding hydrogens is 295 g/mol. The Balaban J connectivity index is 2.03. The summed E-state index contributed by atoms with van der Waals surface area (Å²) in [4.78, 5) is 5.82. The van der Waals surface area contributed by atoms with E-state index in [1.165, 1.54) is 11.3 Å². The fraction of sp³-hybridized carbons (Fsp3) is 0.455. The van der Waals surface area contributed by atoms with Crippen molar-refractivity contribution in [2.75, 3.05) is 19.7 Å². The number of halogens is 3. The normalized spacial score (nSPS) is 12.2. The average Bonchev–Trinajstić information content (AvgIpc) is 2.96. The van der Waals surface area contributed by atoms with E-state index in [0.717, 1.165) is 9.78 Å². The molecule has 0 spiro atoms. The van der Waals surface area contributed by atoms with E-state index in [0.29, 0.717) is 0 Å². The molecule has 0 amide bonds. The Hall–Kier alpha value is -1.45. The first-order valence-electron chi connectivity index (χ1n) is 5.74. The predicted molar refractivity (Wildman–Crippen MR) is 66.0 cm³/mol. The number of nitrogens with zero attached hydrogens (tertiary/aromatic N) is 3. The third-order valence-electron chi connectivity index (χ3n) is 2.38. The second-order valence-corrected chi connectivity index (χ2v) is 4.99. The van der Waals surface area contributed by atoms with Gasteiger partial charge in [0.15, 0.2) is 5.82 Å². The number of hydrogen-bond donors (Lipinski definition) is 1. The van der Waals surface area contributed by atoms with E-state index in [-0.39, 0.29) is 31.4 Å². The van der Waals surface area contributed by atoms with Crippen molar-refractivity contribution in [1.29, 1.82) is 0 Å². The van der Waals surface area contributed by atoms with Crippen LogP contribution in [0.5, 0.6) is 0 Å². The molecule has 0 bridgehead atoms. The van der Waals surface area contributed by atoms with Gasteiger partial charge in [-0.25, -0.2) is 0 Å². The lowest BCUT2D eigenvalue weighted by Gasteiger charge is -2.20. The second-order valence-electron chi connectivity index (χ2n) is 4.04. The van der Waals surface area contributed by atoms with Crippen LogP contribution in [0.1, 0.15) is 5.82 Å². The minimum atomic E-state index is -4.34. The summed E-state index contributed by atoms with van der Waals surface area (Å²) in [5, 5.41) is 14.3. The van der Waals surface area contributed by atoms with Crippen LogP contribution in [0.2, 0.25) is 0 Å². The molecule has 0 unspecified atom stereocenters. The van der Waals surface area contributed by atoms with Crippen LogP contribution in [0.25, 0.3) is 10.8 Å². The van der Waals surface area contributed by atoms with Crippen LogP contribution in [0, 0.1) is 0 Å². The van der Waals surface area contributed by atoms with Gasteiger partial charge in [-0.1, -0.05) is 11.2 Å². The zero-order chi connectivity index (χ0) is 14.6. The highest BCUT2D eigenvalue weighted by atomic mass is 32.1. The maximum atomic E-state index is 12.4. The number of hydrogen-bond acceptors (Lipinski definition) is 6. The average molecular weight is 307 g/mol. The molecule has 110 valence electrons. The van der Waals surface area contributed by atoms with Crippen LogP contribution in [0.4, 0.5) is 13.2 Å². The first-order chi connectivity index (χ1) is 9.48. The summed E-state index contributed by atoms with van der Waals surface area (Å²) in [5.41, 5.74) is 0. The molecule has 2 rings (SSSR count). The summed E-state index contributed by atoms with van der Waals surface area (Å²) in [6, 6.07) is 3.59. The number of rotatable bonds is 6. The molecular formula is C11H12F3N3O2S. The number of alkyl halides is 3. The summed E-state index contributed by atoms with van der Waals surface area (Å²) in [6.07, 6.45) is -4.34. The molecule has 20 heavy (non-hydrogen) atoms. The number of aromatic nitrogens is 2. The lowest BCUT2D eigenvalue weighted by molar-refractivity contribution is -0.148. The van der Waals surface area contributed by atoms with Gasteiger partial charge in [0.1, 0.15) is 0 Å². The molecule has 0 atom stereocenters. The molecule has 0 saturated carbocycles. The molecule has 0 fully saturated rings. The van der Waals surface area contributed by atoms with E-state index in [9.17, 15) is 13.2 Å². The maximum Gasteiger partial charge on any atom is 0.401 e. The molecule has 0 aliphatic rings. The Kier molecular flexibility index (Phi) is 4.73. The van der Waals surface area contributed by atoms with Crippen LogP contribution in [-0.4, -0.2) is 46.0 Å². The molecule has 0 saturated heterocycles. The Morgan fingerprint density at radius 1 is 1.40 bits per heavy atom. The van der Waals surface area contributed by atoms with Crippen LogP contribution in [0.15, 0.2) is 22.0 Å². The van der Waals surface area contributed by atoms with Gasteiger partial charge in [-0.2, -0.15) is 18.2 Å². The molecule has 2 aromatic rings. The van der Waals surface area contributed by atoms with Gasteiger partial charge < -0.3 is 9.63 Å². The fourth-order valence-corrected chi connectivity index (χ4v) is 2.27. The summed E-state index contributed by atoms with van der Waals surface area (Å²) >= 11 is 1.40. The fourth-order valence-electron chi connectivity index (χ4n) is 1.63. The van der Waals surface area contributed by atoms with Gasteiger partial charge in [-0.05, 0) is 11.4 Å². The minimum absolute atomic E-state index is 0.109. The molecule has 1 N–H and O–H groups in total. The van der Waals surface area contributed by atoms with E-state index >= 15 is 0 Å². The van der Waals surface area contributed by atoms with Crippen molar-refractivity contribution in [1.82, 2.24) is 15.0 Å². The van der Waals surface area contributed by atoms with Crippen molar-refractivity contribution in [2.24, 2.45) is 0 Å². The van der Waals surface area contributed by atoms with Crippen LogP contribution in [0.3, 0.4) is 0 Å². The van der Waals surface area contributed by atoms with Crippen molar-refractivity contribution >= 4 is 11.3 Å². The second kappa shape index (κ2) is 6.33. The van der Waals surface area contributed by atoms with Crippen molar-refractivity contribution in [2.45, 2.75) is 12.7 Å². The van der Waals surface area contributed by atoms with Crippen molar-refractivity contribution < 1.29 is 22.8 Å². The van der Waals surface area contributed by atoms with E-state index < -0.39 is 12.7 Å². The first-order valence-corrected chi connectivity index (χ1v) is 6.62. The van der Waals surface area contributed by atoms with Gasteiger partial charge in [0, 0.05) is 6.54 Å². The maximum absolute atomic E-state index is 12.4. The third-order valence-corrected chi connectivity index (χ3v) is 3.24. The first kappa shape index (κ1) is 14.9. The SMILES string of the molecule is OCCN(Cc1noc(-c2cccs2)n1)CC(F)(F)F. The summed E-state index contributed by atoms with van der Waals surface area (Å²) in [5.74, 6) is 0.442. The summed E-state index contributed by atoms with van der Waals surface area (Å²) < 4.78 is 42.1. The monoisotopic (exact) mass is 307 g/mol. The highest BCUT2D eigenvalue weighted by Gasteiger charge is 2.31.